The maximum absolute atomic E-state index is 13.1. The summed E-state index contributed by atoms with van der Waals surface area (Å²) in [4.78, 5) is 27.8. The van der Waals surface area contributed by atoms with Gasteiger partial charge in [0.25, 0.3) is 11.8 Å². The minimum atomic E-state index is -0.166. The van der Waals surface area contributed by atoms with Gasteiger partial charge in [0.15, 0.2) is 0 Å². The molecule has 138 valence electrons. The lowest BCUT2D eigenvalue weighted by atomic mass is 10.1. The fourth-order valence-corrected chi connectivity index (χ4v) is 3.38. The molecule has 3 rings (SSSR count). The molecule has 0 aliphatic heterocycles. The van der Waals surface area contributed by atoms with Crippen LogP contribution in [0.25, 0.3) is 0 Å². The number of rotatable bonds is 7. The zero-order valence-corrected chi connectivity index (χ0v) is 16.0. The maximum atomic E-state index is 13.1. The third-order valence-electron chi connectivity index (χ3n) is 4.16. The fourth-order valence-electron chi connectivity index (χ4n) is 2.76. The summed E-state index contributed by atoms with van der Waals surface area (Å²) in [6, 6.07) is 20.4. The molecule has 0 atom stereocenters. The van der Waals surface area contributed by atoms with Crippen LogP contribution in [0.15, 0.2) is 72.1 Å². The molecule has 3 aromatic rings. The topological polar surface area (TPSA) is 49.4 Å². The minimum Gasteiger partial charge on any atom is -0.321 e. The van der Waals surface area contributed by atoms with Gasteiger partial charge in [-0.2, -0.15) is 0 Å². The highest BCUT2D eigenvalue weighted by Crippen LogP contribution is 2.20. The van der Waals surface area contributed by atoms with E-state index in [9.17, 15) is 9.59 Å². The first-order valence-corrected chi connectivity index (χ1v) is 9.89. The second kappa shape index (κ2) is 9.14. The zero-order chi connectivity index (χ0) is 19.1. The van der Waals surface area contributed by atoms with Gasteiger partial charge in [0.05, 0.1) is 4.88 Å². The van der Waals surface area contributed by atoms with Gasteiger partial charge in [-0.15, -0.1) is 11.3 Å². The number of carbonyl (C=O) groups excluding carboxylic acids is 2. The van der Waals surface area contributed by atoms with Crippen LogP contribution in [0.4, 0.5) is 11.4 Å². The standard InChI is InChI=1S/C22H22N2O2S/c1-2-3-14-24(19-11-5-4-6-12-19)22(26)17-9-7-10-18(16-17)23-21(25)20-13-8-15-27-20/h4-13,15-16H,2-3,14H2,1H3,(H,23,25). The van der Waals surface area contributed by atoms with Crippen molar-refractivity contribution in [2.24, 2.45) is 0 Å². The van der Waals surface area contributed by atoms with Crippen LogP contribution in [0.2, 0.25) is 0 Å². The van der Waals surface area contributed by atoms with E-state index in [2.05, 4.69) is 12.2 Å². The Morgan fingerprint density at radius 3 is 2.52 bits per heavy atom. The lowest BCUT2D eigenvalue weighted by Crippen LogP contribution is -2.32. The molecule has 0 aliphatic rings. The van der Waals surface area contributed by atoms with E-state index in [0.717, 1.165) is 18.5 Å². The number of benzene rings is 2. The highest BCUT2D eigenvalue weighted by molar-refractivity contribution is 7.12. The molecule has 2 aromatic carbocycles. The predicted molar refractivity (Wildman–Crippen MR) is 112 cm³/mol. The van der Waals surface area contributed by atoms with E-state index >= 15 is 0 Å². The molecule has 0 saturated heterocycles. The normalized spacial score (nSPS) is 10.4. The number of amides is 2. The Morgan fingerprint density at radius 2 is 1.81 bits per heavy atom. The smallest absolute Gasteiger partial charge is 0.265 e. The van der Waals surface area contributed by atoms with Gasteiger partial charge in [0, 0.05) is 23.5 Å². The molecular weight excluding hydrogens is 356 g/mol. The minimum absolute atomic E-state index is 0.0677. The van der Waals surface area contributed by atoms with Crippen LogP contribution in [0.1, 0.15) is 39.8 Å². The molecule has 0 unspecified atom stereocenters. The first kappa shape index (κ1) is 18.9. The van der Waals surface area contributed by atoms with Gasteiger partial charge in [-0.05, 0) is 48.2 Å². The second-order valence-electron chi connectivity index (χ2n) is 6.16. The number of unbranched alkanes of at least 4 members (excludes halogenated alkanes) is 1. The summed E-state index contributed by atoms with van der Waals surface area (Å²) in [5, 5.41) is 4.72. The Morgan fingerprint density at radius 1 is 1.00 bits per heavy atom. The molecular formula is C22H22N2O2S. The summed E-state index contributed by atoms with van der Waals surface area (Å²) in [5.74, 6) is -0.234. The Balaban J connectivity index is 1.81. The Bertz CT molecular complexity index is 892. The van der Waals surface area contributed by atoms with Crippen molar-refractivity contribution in [3.63, 3.8) is 0 Å². The van der Waals surface area contributed by atoms with Gasteiger partial charge in [0.1, 0.15) is 0 Å². The van der Waals surface area contributed by atoms with E-state index in [1.54, 1.807) is 35.2 Å². The summed E-state index contributed by atoms with van der Waals surface area (Å²) in [7, 11) is 0. The van der Waals surface area contributed by atoms with E-state index in [1.807, 2.05) is 41.8 Å². The van der Waals surface area contributed by atoms with Crippen LogP contribution in [0.5, 0.6) is 0 Å². The third-order valence-corrected chi connectivity index (χ3v) is 5.03. The van der Waals surface area contributed by atoms with Crippen molar-refractivity contribution < 1.29 is 9.59 Å². The van der Waals surface area contributed by atoms with Gasteiger partial charge < -0.3 is 10.2 Å². The van der Waals surface area contributed by atoms with Crippen molar-refractivity contribution in [2.45, 2.75) is 19.8 Å². The first-order valence-electron chi connectivity index (χ1n) is 9.01. The molecule has 1 heterocycles. The summed E-state index contributed by atoms with van der Waals surface area (Å²) in [6.07, 6.45) is 1.93. The van der Waals surface area contributed by atoms with Crippen molar-refractivity contribution in [1.29, 1.82) is 0 Å². The quantitative estimate of drug-likeness (QED) is 0.594. The molecule has 0 radical (unpaired) electrons. The average molecular weight is 378 g/mol. The SMILES string of the molecule is CCCCN(C(=O)c1cccc(NC(=O)c2cccs2)c1)c1ccccc1. The van der Waals surface area contributed by atoms with Crippen LogP contribution in [0.3, 0.4) is 0 Å². The molecule has 5 heteroatoms. The Kier molecular flexibility index (Phi) is 6.39. The van der Waals surface area contributed by atoms with Crippen molar-refractivity contribution in [3.05, 3.63) is 82.6 Å². The van der Waals surface area contributed by atoms with Crippen molar-refractivity contribution >= 4 is 34.5 Å². The van der Waals surface area contributed by atoms with Crippen molar-refractivity contribution in [1.82, 2.24) is 0 Å². The van der Waals surface area contributed by atoms with E-state index in [1.165, 1.54) is 11.3 Å². The van der Waals surface area contributed by atoms with Gasteiger partial charge in [0.2, 0.25) is 0 Å². The summed E-state index contributed by atoms with van der Waals surface area (Å²) < 4.78 is 0. The van der Waals surface area contributed by atoms with Crippen molar-refractivity contribution in [3.8, 4) is 0 Å². The zero-order valence-electron chi connectivity index (χ0n) is 15.2. The number of anilines is 2. The van der Waals surface area contributed by atoms with Gasteiger partial charge >= 0.3 is 0 Å². The number of nitrogens with zero attached hydrogens (tertiary/aromatic N) is 1. The number of nitrogens with one attached hydrogen (secondary N) is 1. The van der Waals surface area contributed by atoms with E-state index in [0.29, 0.717) is 22.7 Å². The largest absolute Gasteiger partial charge is 0.321 e. The number of thiophene rings is 1. The van der Waals surface area contributed by atoms with Crippen LogP contribution < -0.4 is 10.2 Å². The molecule has 0 aliphatic carbocycles. The predicted octanol–water partition coefficient (Wildman–Crippen LogP) is 5.45. The Labute approximate surface area is 163 Å². The van der Waals surface area contributed by atoms with Gasteiger partial charge in [-0.25, -0.2) is 0 Å². The Hall–Kier alpha value is -2.92. The number of hydrogen-bond acceptors (Lipinski definition) is 3. The lowest BCUT2D eigenvalue weighted by Gasteiger charge is -2.23. The molecule has 0 spiro atoms. The van der Waals surface area contributed by atoms with E-state index < -0.39 is 0 Å². The second-order valence-corrected chi connectivity index (χ2v) is 7.11. The summed E-state index contributed by atoms with van der Waals surface area (Å²) >= 11 is 1.38. The van der Waals surface area contributed by atoms with Crippen LogP contribution in [-0.2, 0) is 0 Å². The van der Waals surface area contributed by atoms with Gasteiger partial charge in [-0.3, -0.25) is 9.59 Å². The molecule has 1 aromatic heterocycles. The molecule has 27 heavy (non-hydrogen) atoms. The average Bonchev–Trinajstić information content (AvgIpc) is 3.24. The van der Waals surface area contributed by atoms with Crippen LogP contribution in [0, 0.1) is 0 Å². The third kappa shape index (κ3) is 4.83. The van der Waals surface area contributed by atoms with E-state index in [4.69, 9.17) is 0 Å². The maximum Gasteiger partial charge on any atom is 0.265 e. The molecule has 2 amide bonds. The summed E-state index contributed by atoms with van der Waals surface area (Å²) in [5.41, 5.74) is 2.05. The highest BCUT2D eigenvalue weighted by atomic mass is 32.1. The van der Waals surface area contributed by atoms with Crippen LogP contribution >= 0.6 is 11.3 Å². The molecule has 0 bridgehead atoms. The summed E-state index contributed by atoms with van der Waals surface area (Å²) in [6.45, 7) is 2.76. The molecule has 1 N–H and O–H groups in total. The van der Waals surface area contributed by atoms with Crippen LogP contribution in [-0.4, -0.2) is 18.4 Å². The highest BCUT2D eigenvalue weighted by Gasteiger charge is 2.18. The molecule has 4 nitrogen and oxygen atoms in total. The van der Waals surface area contributed by atoms with Gasteiger partial charge in [-0.1, -0.05) is 43.7 Å². The number of hydrogen-bond donors (Lipinski definition) is 1. The first-order chi connectivity index (χ1) is 13.2. The fraction of sp³-hybridized carbons (Fsp3) is 0.182. The van der Waals surface area contributed by atoms with E-state index in [-0.39, 0.29) is 11.8 Å². The monoisotopic (exact) mass is 378 g/mol. The number of para-hydroxylation sites is 1. The van der Waals surface area contributed by atoms with Crippen molar-refractivity contribution in [2.75, 3.05) is 16.8 Å². The number of carbonyl (C=O) groups is 2. The lowest BCUT2D eigenvalue weighted by molar-refractivity contribution is 0.0984. The molecule has 0 saturated carbocycles. The molecule has 0 fully saturated rings.